The first kappa shape index (κ1) is 20.9. The molecule has 2 aromatic carbocycles. The molecule has 0 aliphatic carbocycles. The van der Waals surface area contributed by atoms with Gasteiger partial charge in [0.25, 0.3) is 0 Å². The molecular weight excluding hydrogens is 412 g/mol. The molecule has 0 bridgehead atoms. The number of carbonyl (C=O) groups excluding carboxylic acids is 2. The van der Waals surface area contributed by atoms with Crippen LogP contribution in [0.25, 0.3) is 0 Å². The molecule has 1 atom stereocenters. The van der Waals surface area contributed by atoms with Gasteiger partial charge in [0, 0.05) is 17.1 Å². The highest BCUT2D eigenvalue weighted by atomic mass is 35.5. The first-order valence-corrected chi connectivity index (χ1v) is 9.99. The van der Waals surface area contributed by atoms with E-state index in [-0.39, 0.29) is 18.2 Å². The van der Waals surface area contributed by atoms with Gasteiger partial charge >= 0.3 is 0 Å². The summed E-state index contributed by atoms with van der Waals surface area (Å²) in [7, 11) is 1.60. The highest BCUT2D eigenvalue weighted by Gasteiger charge is 2.32. The Bertz CT molecular complexity index is 976. The molecule has 29 heavy (non-hydrogen) atoms. The van der Waals surface area contributed by atoms with Crippen molar-refractivity contribution in [3.8, 4) is 5.75 Å². The van der Waals surface area contributed by atoms with Gasteiger partial charge in [-0.2, -0.15) is 5.10 Å². The van der Waals surface area contributed by atoms with Gasteiger partial charge in [0.15, 0.2) is 5.17 Å². The highest BCUT2D eigenvalue weighted by molar-refractivity contribution is 8.15. The topological polar surface area (TPSA) is 92.2 Å². The van der Waals surface area contributed by atoms with Crippen LogP contribution in [0.1, 0.15) is 17.5 Å². The molecule has 1 heterocycles. The molecule has 1 fully saturated rings. The summed E-state index contributed by atoms with van der Waals surface area (Å²) < 4.78 is 5.10. The van der Waals surface area contributed by atoms with Crippen molar-refractivity contribution >= 4 is 52.2 Å². The number of methoxy groups -OCH3 is 1. The van der Waals surface area contributed by atoms with E-state index in [1.54, 1.807) is 31.5 Å². The number of benzene rings is 2. The minimum atomic E-state index is -0.565. The van der Waals surface area contributed by atoms with Crippen LogP contribution in [-0.2, 0) is 9.59 Å². The number of nitrogens with zero attached hydrogens (tertiary/aromatic N) is 2. The molecule has 2 aromatic rings. The first-order chi connectivity index (χ1) is 14.0. The second-order valence-electron chi connectivity index (χ2n) is 6.18. The molecule has 1 aliphatic heterocycles. The SMILES string of the molecule is COc1ccc(/C=N/N=C2\NC(=O)C(CC(=O)Nc3cccc(Cl)c3C)S2)cc1. The maximum Gasteiger partial charge on any atom is 0.240 e. The molecule has 9 heteroatoms. The van der Waals surface area contributed by atoms with Crippen molar-refractivity contribution in [1.29, 1.82) is 0 Å². The van der Waals surface area contributed by atoms with Crippen molar-refractivity contribution in [2.24, 2.45) is 10.2 Å². The van der Waals surface area contributed by atoms with Crippen LogP contribution < -0.4 is 15.4 Å². The molecule has 0 spiro atoms. The van der Waals surface area contributed by atoms with Gasteiger partial charge in [0.1, 0.15) is 11.0 Å². The van der Waals surface area contributed by atoms with E-state index < -0.39 is 5.25 Å². The predicted octanol–water partition coefficient (Wildman–Crippen LogP) is 3.61. The third-order valence-electron chi connectivity index (χ3n) is 4.16. The Hall–Kier alpha value is -2.84. The molecule has 1 unspecified atom stereocenters. The van der Waals surface area contributed by atoms with E-state index >= 15 is 0 Å². The van der Waals surface area contributed by atoms with E-state index in [2.05, 4.69) is 20.8 Å². The fourth-order valence-corrected chi connectivity index (χ4v) is 3.64. The van der Waals surface area contributed by atoms with E-state index in [4.69, 9.17) is 16.3 Å². The van der Waals surface area contributed by atoms with E-state index in [0.717, 1.165) is 16.9 Å². The summed E-state index contributed by atoms with van der Waals surface area (Å²) in [5, 5.41) is 13.8. The van der Waals surface area contributed by atoms with Crippen molar-refractivity contribution in [2.45, 2.75) is 18.6 Å². The Balaban J connectivity index is 1.56. The number of hydrogen-bond acceptors (Lipinski definition) is 6. The summed E-state index contributed by atoms with van der Waals surface area (Å²) in [6, 6.07) is 12.6. The predicted molar refractivity (Wildman–Crippen MR) is 117 cm³/mol. The zero-order chi connectivity index (χ0) is 20.8. The summed E-state index contributed by atoms with van der Waals surface area (Å²) >= 11 is 7.24. The Morgan fingerprint density at radius 1 is 1.31 bits per heavy atom. The van der Waals surface area contributed by atoms with Crippen molar-refractivity contribution in [3.63, 3.8) is 0 Å². The molecule has 7 nitrogen and oxygen atoms in total. The molecule has 2 amide bonds. The first-order valence-electron chi connectivity index (χ1n) is 8.74. The zero-order valence-corrected chi connectivity index (χ0v) is 17.4. The number of nitrogens with one attached hydrogen (secondary N) is 2. The van der Waals surface area contributed by atoms with Crippen molar-refractivity contribution in [3.05, 3.63) is 58.6 Å². The van der Waals surface area contributed by atoms with Crippen LogP contribution in [0.3, 0.4) is 0 Å². The van der Waals surface area contributed by atoms with E-state index in [1.165, 1.54) is 11.8 Å². The number of carbonyl (C=O) groups is 2. The molecule has 3 rings (SSSR count). The molecule has 0 saturated carbocycles. The fourth-order valence-electron chi connectivity index (χ4n) is 2.54. The number of amidine groups is 1. The van der Waals surface area contributed by atoms with Crippen LogP contribution in [0, 0.1) is 6.92 Å². The summed E-state index contributed by atoms with van der Waals surface area (Å²) in [5.74, 6) is 0.207. The van der Waals surface area contributed by atoms with Gasteiger partial charge in [-0.05, 0) is 54.4 Å². The molecule has 1 saturated heterocycles. The van der Waals surface area contributed by atoms with Gasteiger partial charge < -0.3 is 15.4 Å². The normalized spacial score (nSPS) is 17.6. The minimum absolute atomic E-state index is 0.0175. The monoisotopic (exact) mass is 430 g/mol. The van der Waals surface area contributed by atoms with Gasteiger partial charge in [-0.25, -0.2) is 0 Å². The smallest absolute Gasteiger partial charge is 0.240 e. The lowest BCUT2D eigenvalue weighted by molar-refractivity contribution is -0.122. The zero-order valence-electron chi connectivity index (χ0n) is 15.8. The van der Waals surface area contributed by atoms with Crippen molar-refractivity contribution in [2.75, 3.05) is 12.4 Å². The van der Waals surface area contributed by atoms with Gasteiger partial charge in [-0.3, -0.25) is 9.59 Å². The molecule has 150 valence electrons. The van der Waals surface area contributed by atoms with Crippen LogP contribution in [-0.4, -0.2) is 35.6 Å². The number of amides is 2. The van der Waals surface area contributed by atoms with Gasteiger partial charge in [-0.1, -0.05) is 29.4 Å². The van der Waals surface area contributed by atoms with Crippen molar-refractivity contribution < 1.29 is 14.3 Å². The number of thioether (sulfide) groups is 1. The lowest BCUT2D eigenvalue weighted by Gasteiger charge is -2.10. The maximum absolute atomic E-state index is 12.3. The van der Waals surface area contributed by atoms with Crippen LogP contribution in [0.2, 0.25) is 5.02 Å². The van der Waals surface area contributed by atoms with Crippen LogP contribution in [0.15, 0.2) is 52.7 Å². The summed E-state index contributed by atoms with van der Waals surface area (Å²) in [6.45, 7) is 1.82. The van der Waals surface area contributed by atoms with E-state index in [0.29, 0.717) is 15.9 Å². The highest BCUT2D eigenvalue weighted by Crippen LogP contribution is 2.25. The number of anilines is 1. The second-order valence-corrected chi connectivity index (χ2v) is 7.78. The quantitative estimate of drug-likeness (QED) is 0.541. The van der Waals surface area contributed by atoms with E-state index in [9.17, 15) is 9.59 Å². The Kier molecular flexibility index (Phi) is 6.90. The van der Waals surface area contributed by atoms with Gasteiger partial charge in [-0.15, -0.1) is 5.10 Å². The molecule has 1 aliphatic rings. The van der Waals surface area contributed by atoms with E-state index in [1.807, 2.05) is 31.2 Å². The maximum atomic E-state index is 12.3. The molecular formula is C20H19ClN4O3S. The number of rotatable bonds is 6. The standard InChI is InChI=1S/C20H19ClN4O3S/c1-12-15(21)4-3-5-16(12)23-18(26)10-17-19(27)24-20(29-17)25-22-11-13-6-8-14(28-2)9-7-13/h3-9,11,17H,10H2,1-2H3,(H,23,26)(H,24,25,27)/b22-11+. The molecule has 0 aromatic heterocycles. The lowest BCUT2D eigenvalue weighted by atomic mass is 10.2. The number of halogens is 1. The van der Waals surface area contributed by atoms with Gasteiger partial charge in [0.2, 0.25) is 11.8 Å². The Labute approximate surface area is 177 Å². The van der Waals surface area contributed by atoms with Crippen LogP contribution in [0.4, 0.5) is 5.69 Å². The average molecular weight is 431 g/mol. The summed E-state index contributed by atoms with van der Waals surface area (Å²) in [4.78, 5) is 24.4. The number of hydrogen-bond donors (Lipinski definition) is 2. The fraction of sp³-hybridized carbons (Fsp3) is 0.200. The molecule has 0 radical (unpaired) electrons. The Morgan fingerprint density at radius 3 is 2.79 bits per heavy atom. The van der Waals surface area contributed by atoms with Crippen LogP contribution in [0.5, 0.6) is 5.75 Å². The molecule has 2 N–H and O–H groups in total. The minimum Gasteiger partial charge on any atom is -0.497 e. The lowest BCUT2D eigenvalue weighted by Crippen LogP contribution is -2.28. The third-order valence-corrected chi connectivity index (χ3v) is 5.64. The third kappa shape index (κ3) is 5.58. The van der Waals surface area contributed by atoms with Crippen LogP contribution >= 0.6 is 23.4 Å². The average Bonchev–Trinajstić information content (AvgIpc) is 3.05. The van der Waals surface area contributed by atoms with Crippen molar-refractivity contribution in [1.82, 2.24) is 5.32 Å². The summed E-state index contributed by atoms with van der Waals surface area (Å²) in [5.41, 5.74) is 2.25. The van der Waals surface area contributed by atoms with Gasteiger partial charge in [0.05, 0.1) is 13.3 Å². The number of ether oxygens (including phenoxy) is 1. The largest absolute Gasteiger partial charge is 0.497 e. The Morgan fingerprint density at radius 2 is 2.07 bits per heavy atom. The second kappa shape index (κ2) is 9.58. The summed E-state index contributed by atoms with van der Waals surface area (Å²) in [6.07, 6.45) is 1.59.